The van der Waals surface area contributed by atoms with Gasteiger partial charge in [-0.1, -0.05) is 0 Å². The summed E-state index contributed by atoms with van der Waals surface area (Å²) >= 11 is 0. The van der Waals surface area contributed by atoms with Crippen molar-refractivity contribution in [2.45, 2.75) is 0 Å². The first kappa shape index (κ1) is 52.7. The maximum atomic E-state index is 10.6. The summed E-state index contributed by atoms with van der Waals surface area (Å²) in [5, 5.41) is 68.9. The molecule has 23 nitrogen and oxygen atoms in total. The van der Waals surface area contributed by atoms with E-state index < -0.39 is 109 Å². The van der Waals surface area contributed by atoms with Crippen LogP contribution in [0.4, 0.5) is 0 Å². The summed E-state index contributed by atoms with van der Waals surface area (Å²) < 4.78 is 8.52. The molecule has 252 valence electrons. The number of rotatable bonds is 22. The van der Waals surface area contributed by atoms with Gasteiger partial charge < -0.3 is 54.9 Å². The maximum absolute atomic E-state index is 10.6. The minimum absolute atomic E-state index is 0. The zero-order valence-electron chi connectivity index (χ0n) is 24.8. The molecule has 26 heteroatoms. The molecule has 0 aromatic heterocycles. The summed E-state index contributed by atoms with van der Waals surface area (Å²) in [5.74, 6) is -9.82. The van der Waals surface area contributed by atoms with Crippen LogP contribution >= 0.6 is 0 Å². The van der Waals surface area contributed by atoms with Gasteiger partial charge in [-0.25, -0.2) is 0 Å². The van der Waals surface area contributed by atoms with Crippen molar-refractivity contribution in [2.75, 3.05) is 78.5 Å². The first-order chi connectivity index (χ1) is 20.1. The molecule has 0 aliphatic heterocycles. The van der Waals surface area contributed by atoms with Crippen molar-refractivity contribution in [3.63, 3.8) is 0 Å². The molecule has 0 spiro atoms. The van der Waals surface area contributed by atoms with E-state index in [0.29, 0.717) is 0 Å². The first-order valence-corrected chi connectivity index (χ1v) is 12.9. The van der Waals surface area contributed by atoms with Gasteiger partial charge in [-0.3, -0.25) is 58.0 Å². The Kier molecular flexibility index (Phi) is 35.4. The Balaban J connectivity index is -0.000000210. The van der Waals surface area contributed by atoms with Crippen LogP contribution in [0.1, 0.15) is 0 Å². The Morgan fingerprint density at radius 1 is 0.370 bits per heavy atom. The summed E-state index contributed by atoms with van der Waals surface area (Å²) in [5.41, 5.74) is 0. The molecule has 0 fully saturated rings. The molecular formula is C20H32N4Na2O19Si. The first-order valence-electron chi connectivity index (χ1n) is 11.7. The van der Waals surface area contributed by atoms with Gasteiger partial charge >= 0.3 is 107 Å². The molecule has 0 aromatic carbocycles. The number of nitrogens with zero attached hydrogens (tertiary/aromatic N) is 4. The summed E-state index contributed by atoms with van der Waals surface area (Å²) in [6.07, 6.45) is 0. The fraction of sp³-hybridized carbons (Fsp3) is 0.600. The molecule has 0 amide bonds. The Labute approximate surface area is 305 Å². The fourth-order valence-electron chi connectivity index (χ4n) is 2.95. The molecule has 0 rings (SSSR count). The van der Waals surface area contributed by atoms with Crippen molar-refractivity contribution in [3.8, 4) is 0 Å². The van der Waals surface area contributed by atoms with Gasteiger partial charge in [-0.05, 0) is 0 Å². The quantitative estimate of drug-likeness (QED) is 0.0484. The minimum atomic E-state index is -3.63. The van der Waals surface area contributed by atoms with E-state index in [-0.39, 0.29) is 85.3 Å². The van der Waals surface area contributed by atoms with Gasteiger partial charge in [0, 0.05) is 35.3 Å². The molecule has 0 heterocycles. The molecule has 46 heavy (non-hydrogen) atoms. The van der Waals surface area contributed by atoms with E-state index in [1.807, 2.05) is 0 Å². The molecule has 0 unspecified atom stereocenters. The monoisotopic (exact) mass is 706 g/mol. The molecule has 0 saturated heterocycles. The van der Waals surface area contributed by atoms with Crippen molar-refractivity contribution in [3.05, 3.63) is 0 Å². The summed E-state index contributed by atoms with van der Waals surface area (Å²) in [6.45, 7) is -4.50. The van der Waals surface area contributed by atoms with Gasteiger partial charge in [-0.2, -0.15) is 0 Å². The molecule has 0 aromatic rings. The van der Waals surface area contributed by atoms with Crippen molar-refractivity contribution < 1.29 is 152 Å². The van der Waals surface area contributed by atoms with E-state index >= 15 is 0 Å². The minimum Gasteiger partial charge on any atom is -0.672 e. The van der Waals surface area contributed by atoms with Crippen LogP contribution < -0.4 is 68.7 Å². The topological polar surface area (TPSA) is 375 Å². The number of carboxylic acid groups (broad SMARTS) is 8. The number of carboxylic acids is 8. The zero-order valence-corrected chi connectivity index (χ0v) is 29.8. The van der Waals surface area contributed by atoms with E-state index in [2.05, 4.69) is 0 Å². The maximum Gasteiger partial charge on any atom is 1.00 e. The van der Waals surface area contributed by atoms with E-state index in [1.54, 1.807) is 0 Å². The van der Waals surface area contributed by atoms with E-state index in [4.69, 9.17) is 54.9 Å². The van der Waals surface area contributed by atoms with E-state index in [1.165, 1.54) is 0 Å². The number of aliphatic carboxylic acids is 8. The summed E-state index contributed by atoms with van der Waals surface area (Å²) in [4.78, 5) is 106. The summed E-state index contributed by atoms with van der Waals surface area (Å²) in [7, 11) is -3.63. The van der Waals surface area contributed by atoms with Crippen LogP contribution in [0.5, 0.6) is 0 Å². The fourth-order valence-corrected chi connectivity index (χ4v) is 2.95. The van der Waals surface area contributed by atoms with E-state index in [0.717, 1.165) is 19.6 Å². The summed E-state index contributed by atoms with van der Waals surface area (Å²) in [6, 6.07) is 0. The average Bonchev–Trinajstić information content (AvgIpc) is 2.78. The van der Waals surface area contributed by atoms with Crippen molar-refractivity contribution in [1.82, 2.24) is 19.6 Å². The standard InChI is InChI=1S/2C10H16N2O8.2Na.O3Si/c2*13-7(14)3-11(4-8(15)16)1-2-12(5-9(17)18)6-10(19)20;;;1-4(2)3/h2*1-6H2,(H,13,14)(H,15,16)(H,17,18)(H,19,20);;;/q;;2*+1;-2. The van der Waals surface area contributed by atoms with Gasteiger partial charge in [0.25, 0.3) is 0 Å². The second-order valence-electron chi connectivity index (χ2n) is 8.24. The molecule has 0 bridgehead atoms. The Hall–Kier alpha value is -2.78. The number of carbonyl (C=O) groups is 8. The SMILES string of the molecule is O=C(O)CN(CCN(CC(=O)O)CC(=O)O)CC(=O)O.O=C(O)CN(CCN(CC(=O)O)CC(=O)O)CC(=O)O.O=[Si]([O-])[O-].[Na+].[Na+]. The van der Waals surface area contributed by atoms with Crippen LogP contribution in [0.25, 0.3) is 0 Å². The van der Waals surface area contributed by atoms with Crippen LogP contribution in [0.15, 0.2) is 0 Å². The Bertz CT molecular complexity index is 809. The Morgan fingerprint density at radius 3 is 0.522 bits per heavy atom. The third-order valence-corrected chi connectivity index (χ3v) is 4.34. The molecular weight excluding hydrogens is 674 g/mol. The smallest absolute Gasteiger partial charge is 0.672 e. The second-order valence-corrected chi connectivity index (χ2v) is 8.74. The van der Waals surface area contributed by atoms with Gasteiger partial charge in [0.05, 0.1) is 52.4 Å². The van der Waals surface area contributed by atoms with Gasteiger partial charge in [0.1, 0.15) is 0 Å². The number of hydrogen-bond donors (Lipinski definition) is 8. The Morgan fingerprint density at radius 2 is 0.457 bits per heavy atom. The van der Waals surface area contributed by atoms with E-state index in [9.17, 15) is 38.4 Å². The number of hydrogen-bond acceptors (Lipinski definition) is 15. The molecule has 0 aliphatic carbocycles. The van der Waals surface area contributed by atoms with Gasteiger partial charge in [0.15, 0.2) is 0 Å². The molecule has 0 radical (unpaired) electrons. The van der Waals surface area contributed by atoms with Gasteiger partial charge in [-0.15, -0.1) is 0 Å². The molecule has 8 N–H and O–H groups in total. The van der Waals surface area contributed by atoms with Gasteiger partial charge in [0.2, 0.25) is 0 Å². The zero-order chi connectivity index (χ0) is 35.0. The predicted molar refractivity (Wildman–Crippen MR) is 133 cm³/mol. The molecule has 0 saturated carbocycles. The van der Waals surface area contributed by atoms with Crippen molar-refractivity contribution >= 4 is 56.9 Å². The molecule has 0 atom stereocenters. The van der Waals surface area contributed by atoms with Crippen LogP contribution in [0, 0.1) is 0 Å². The van der Waals surface area contributed by atoms with Crippen LogP contribution in [-0.2, 0) is 42.8 Å². The van der Waals surface area contributed by atoms with Crippen LogP contribution in [-0.4, -0.2) is 196 Å². The normalized spacial score (nSPS) is 9.83. The average molecular weight is 707 g/mol. The van der Waals surface area contributed by atoms with Crippen molar-refractivity contribution in [1.29, 1.82) is 0 Å². The van der Waals surface area contributed by atoms with Crippen molar-refractivity contribution in [2.24, 2.45) is 0 Å². The van der Waals surface area contributed by atoms with Crippen LogP contribution in [0.2, 0.25) is 0 Å². The third-order valence-electron chi connectivity index (χ3n) is 4.34. The molecule has 0 aliphatic rings. The van der Waals surface area contributed by atoms with Crippen LogP contribution in [0.3, 0.4) is 0 Å². The predicted octanol–water partition coefficient (Wildman–Crippen LogP) is -13.0. The third kappa shape index (κ3) is 43.3. The second kappa shape index (κ2) is 30.8. The largest absolute Gasteiger partial charge is 1.00 e.